The van der Waals surface area contributed by atoms with Crippen LogP contribution in [-0.4, -0.2) is 15.2 Å². The van der Waals surface area contributed by atoms with Crippen molar-refractivity contribution in [1.29, 1.82) is 10.5 Å². The second-order valence-electron chi connectivity index (χ2n) is 12.2. The summed E-state index contributed by atoms with van der Waals surface area (Å²) < 4.78 is 4.79. The Morgan fingerprint density at radius 1 is 0.522 bits per heavy atom. The fourth-order valence-electron chi connectivity index (χ4n) is 7.51. The maximum absolute atomic E-state index is 9.95. The van der Waals surface area contributed by atoms with Crippen LogP contribution in [0.5, 0.6) is 0 Å². The van der Waals surface area contributed by atoms with Crippen LogP contribution < -0.4 is 4.90 Å². The highest BCUT2D eigenvalue weighted by Crippen LogP contribution is 2.51. The molecule has 0 bridgehead atoms. The number of anilines is 2. The summed E-state index contributed by atoms with van der Waals surface area (Å²) in [4.78, 5) is 2.37. The summed E-state index contributed by atoms with van der Waals surface area (Å²) in [5.41, 5.74) is 12.3. The molecule has 5 heteroatoms. The lowest BCUT2D eigenvalue weighted by molar-refractivity contribution is 0.781. The topological polar surface area (TPSA) is 60.7 Å². The summed E-state index contributed by atoms with van der Waals surface area (Å²) in [5.74, 6) is 0. The molecule has 216 valence electrons. The van der Waals surface area contributed by atoms with Gasteiger partial charge in [-0.2, -0.15) is 10.5 Å². The van der Waals surface area contributed by atoms with Crippen LogP contribution in [0.3, 0.4) is 0 Å². The van der Waals surface area contributed by atoms with Crippen molar-refractivity contribution in [2.45, 2.75) is 19.9 Å². The molecular formula is C41H27N5. The van der Waals surface area contributed by atoms with Crippen molar-refractivity contribution in [2.24, 2.45) is 0 Å². The molecule has 0 radical (unpaired) electrons. The van der Waals surface area contributed by atoms with E-state index >= 15 is 0 Å². The Bertz CT molecular complexity index is 2620. The molecule has 3 heterocycles. The zero-order valence-corrected chi connectivity index (χ0v) is 25.4. The number of hydrogen-bond donors (Lipinski definition) is 0. The van der Waals surface area contributed by atoms with Gasteiger partial charge in [0.2, 0.25) is 0 Å². The molecule has 0 spiro atoms. The fraction of sp³-hybridized carbons (Fsp3) is 0.0732. The number of hydrogen-bond acceptors (Lipinski definition) is 3. The van der Waals surface area contributed by atoms with Crippen LogP contribution in [0.25, 0.3) is 66.1 Å². The van der Waals surface area contributed by atoms with Crippen molar-refractivity contribution in [3.05, 3.63) is 132 Å². The van der Waals surface area contributed by atoms with Gasteiger partial charge in [0.15, 0.2) is 0 Å². The predicted molar refractivity (Wildman–Crippen MR) is 187 cm³/mol. The standard InChI is InChI=1S/C41H27N5/c1-25(2)44-37-20-27(24-43)14-18-35(37)46-40-33(21-29(22-38(40)44)28-15-12-26(23-42)13-16-28)31-17-19-36-39(41(31)46)32-10-6-7-11-34(32)45(36)30-8-4-3-5-9-30/h3-22,25H,1-2H3. The minimum absolute atomic E-state index is 0.138. The molecule has 0 saturated carbocycles. The van der Waals surface area contributed by atoms with Crippen LogP contribution in [0.1, 0.15) is 25.0 Å². The summed E-state index contributed by atoms with van der Waals surface area (Å²) >= 11 is 0. The molecule has 0 aliphatic carbocycles. The SMILES string of the molecule is CC(C)N1c2cc(C#N)ccc2-n2c3c1cc(-c1ccc(C#N)cc1)cc3c1ccc3c(c4ccccc4n3-c3ccccc3)c12. The van der Waals surface area contributed by atoms with Gasteiger partial charge in [-0.3, -0.25) is 0 Å². The summed E-state index contributed by atoms with van der Waals surface area (Å²) in [7, 11) is 0. The lowest BCUT2D eigenvalue weighted by Gasteiger charge is -2.36. The Morgan fingerprint density at radius 3 is 2.02 bits per heavy atom. The second kappa shape index (κ2) is 9.60. The smallest absolute Gasteiger partial charge is 0.0992 e. The summed E-state index contributed by atoms with van der Waals surface area (Å²) in [6, 6.07) is 47.0. The largest absolute Gasteiger partial charge is 0.335 e. The Hall–Kier alpha value is -6.30. The van der Waals surface area contributed by atoms with E-state index in [1.54, 1.807) is 0 Å². The third-order valence-electron chi connectivity index (χ3n) is 9.38. The third kappa shape index (κ3) is 3.49. The maximum atomic E-state index is 9.95. The minimum atomic E-state index is 0.138. The zero-order valence-electron chi connectivity index (χ0n) is 25.4. The van der Waals surface area contributed by atoms with E-state index in [2.05, 4.69) is 125 Å². The van der Waals surface area contributed by atoms with Crippen LogP contribution in [0, 0.1) is 22.7 Å². The van der Waals surface area contributed by atoms with Crippen molar-refractivity contribution in [3.63, 3.8) is 0 Å². The first-order valence-electron chi connectivity index (χ1n) is 15.5. The number of rotatable bonds is 3. The molecular weight excluding hydrogens is 562 g/mol. The van der Waals surface area contributed by atoms with Gasteiger partial charge in [-0.25, -0.2) is 0 Å². The van der Waals surface area contributed by atoms with Crippen molar-refractivity contribution in [1.82, 2.24) is 9.13 Å². The molecule has 0 amide bonds. The van der Waals surface area contributed by atoms with Crippen LogP contribution >= 0.6 is 0 Å². The molecule has 0 saturated heterocycles. The van der Waals surface area contributed by atoms with Gasteiger partial charge in [0, 0.05) is 33.3 Å². The predicted octanol–water partition coefficient (Wildman–Crippen LogP) is 10.2. The van der Waals surface area contributed by atoms with E-state index in [0.717, 1.165) is 55.9 Å². The molecule has 46 heavy (non-hydrogen) atoms. The quantitative estimate of drug-likeness (QED) is 0.206. The zero-order chi connectivity index (χ0) is 31.1. The molecule has 0 fully saturated rings. The van der Waals surface area contributed by atoms with E-state index < -0.39 is 0 Å². The second-order valence-corrected chi connectivity index (χ2v) is 12.2. The summed E-state index contributed by atoms with van der Waals surface area (Å²) in [6.07, 6.45) is 0. The summed E-state index contributed by atoms with van der Waals surface area (Å²) in [5, 5.41) is 24.1. The highest BCUT2D eigenvalue weighted by Gasteiger charge is 2.31. The molecule has 2 aromatic heterocycles. The van der Waals surface area contributed by atoms with E-state index in [9.17, 15) is 10.5 Å². The lowest BCUT2D eigenvalue weighted by Crippen LogP contribution is -2.29. The first kappa shape index (κ1) is 26.1. The molecule has 0 unspecified atom stereocenters. The van der Waals surface area contributed by atoms with E-state index in [1.807, 2.05) is 36.4 Å². The normalized spacial score (nSPS) is 12.2. The highest BCUT2D eigenvalue weighted by molar-refractivity contribution is 6.28. The number of aromatic nitrogens is 2. The monoisotopic (exact) mass is 589 g/mol. The van der Waals surface area contributed by atoms with Crippen LogP contribution in [-0.2, 0) is 0 Å². The molecule has 6 aromatic carbocycles. The van der Waals surface area contributed by atoms with E-state index in [0.29, 0.717) is 11.1 Å². The van der Waals surface area contributed by atoms with Gasteiger partial charge in [-0.1, -0.05) is 54.6 Å². The van der Waals surface area contributed by atoms with Crippen molar-refractivity contribution in [3.8, 4) is 34.6 Å². The number of nitrogens with zero attached hydrogens (tertiary/aromatic N) is 5. The highest BCUT2D eigenvalue weighted by atomic mass is 15.2. The van der Waals surface area contributed by atoms with Crippen LogP contribution in [0.15, 0.2) is 121 Å². The van der Waals surface area contributed by atoms with Gasteiger partial charge in [-0.15, -0.1) is 0 Å². The van der Waals surface area contributed by atoms with Crippen molar-refractivity contribution in [2.75, 3.05) is 4.90 Å². The Labute approximate surface area is 266 Å². The van der Waals surface area contributed by atoms with Crippen LogP contribution in [0.2, 0.25) is 0 Å². The molecule has 1 aliphatic heterocycles. The van der Waals surface area contributed by atoms with Crippen molar-refractivity contribution < 1.29 is 0 Å². The van der Waals surface area contributed by atoms with E-state index in [1.165, 1.54) is 21.5 Å². The lowest BCUT2D eigenvalue weighted by atomic mass is 9.98. The van der Waals surface area contributed by atoms with Gasteiger partial charge >= 0.3 is 0 Å². The molecule has 5 nitrogen and oxygen atoms in total. The van der Waals surface area contributed by atoms with E-state index in [4.69, 9.17) is 0 Å². The van der Waals surface area contributed by atoms with E-state index in [-0.39, 0.29) is 6.04 Å². The Morgan fingerprint density at radius 2 is 1.26 bits per heavy atom. The average Bonchev–Trinajstić information content (AvgIpc) is 3.62. The maximum Gasteiger partial charge on any atom is 0.0992 e. The molecule has 1 aliphatic rings. The Kier molecular flexibility index (Phi) is 5.45. The molecule has 0 N–H and O–H groups in total. The molecule has 0 atom stereocenters. The molecule has 8 aromatic rings. The minimum Gasteiger partial charge on any atom is -0.335 e. The van der Waals surface area contributed by atoms with Crippen molar-refractivity contribution >= 4 is 55.0 Å². The van der Waals surface area contributed by atoms with Gasteiger partial charge < -0.3 is 14.0 Å². The Balaban J connectivity index is 1.50. The van der Waals surface area contributed by atoms with Crippen LogP contribution in [0.4, 0.5) is 11.4 Å². The number of para-hydroxylation sites is 2. The number of fused-ring (bicyclic) bond motifs is 9. The fourth-order valence-corrected chi connectivity index (χ4v) is 7.51. The molecule has 9 rings (SSSR count). The number of benzene rings is 6. The average molecular weight is 590 g/mol. The number of nitriles is 2. The first-order chi connectivity index (χ1) is 22.6. The van der Waals surface area contributed by atoms with Gasteiger partial charge in [0.1, 0.15) is 0 Å². The van der Waals surface area contributed by atoms with Gasteiger partial charge in [-0.05, 0) is 91.7 Å². The van der Waals surface area contributed by atoms with Gasteiger partial charge in [0.25, 0.3) is 0 Å². The van der Waals surface area contributed by atoms with Gasteiger partial charge in [0.05, 0.1) is 62.4 Å². The summed E-state index contributed by atoms with van der Waals surface area (Å²) in [6.45, 7) is 4.40. The first-order valence-corrected chi connectivity index (χ1v) is 15.5. The third-order valence-corrected chi connectivity index (χ3v) is 9.38.